The second-order valence-electron chi connectivity index (χ2n) is 6.27. The van der Waals surface area contributed by atoms with Gasteiger partial charge in [-0.1, -0.05) is 72.8 Å². The Morgan fingerprint density at radius 1 is 0.810 bits per heavy atom. The lowest BCUT2D eigenvalue weighted by molar-refractivity contribution is 0.189. The molecule has 1 fully saturated rings. The number of benzene rings is 2. The normalized spacial score (nSPS) is 27.3. The van der Waals surface area contributed by atoms with Gasteiger partial charge in [0.15, 0.2) is 0 Å². The fourth-order valence-corrected chi connectivity index (χ4v) is 3.88. The van der Waals surface area contributed by atoms with Crippen molar-refractivity contribution in [3.05, 3.63) is 83.9 Å². The van der Waals surface area contributed by atoms with Crippen LogP contribution in [0.1, 0.15) is 17.5 Å². The standard InChI is InChI=1S/C20H21N/c1-3-7-16(8-4-1)13-20-18-11-12-19(14-18)21(20)15-17-9-5-2-6-10-17/h1-12,18-20H,13-15H2/t18-,19+,20+/m0/s1. The highest BCUT2D eigenvalue weighted by Crippen LogP contribution is 2.39. The molecule has 2 bridgehead atoms. The van der Waals surface area contributed by atoms with Crippen molar-refractivity contribution in [3.63, 3.8) is 0 Å². The first kappa shape index (κ1) is 12.8. The average molecular weight is 275 g/mol. The van der Waals surface area contributed by atoms with Gasteiger partial charge >= 0.3 is 0 Å². The molecule has 2 aliphatic rings. The summed E-state index contributed by atoms with van der Waals surface area (Å²) in [6.45, 7) is 1.07. The fourth-order valence-electron chi connectivity index (χ4n) is 3.88. The molecule has 1 aliphatic carbocycles. The zero-order chi connectivity index (χ0) is 14.1. The Balaban J connectivity index is 1.55. The summed E-state index contributed by atoms with van der Waals surface area (Å²) in [7, 11) is 0. The quantitative estimate of drug-likeness (QED) is 0.761. The number of rotatable bonds is 4. The van der Waals surface area contributed by atoms with Crippen molar-refractivity contribution in [2.45, 2.75) is 31.5 Å². The van der Waals surface area contributed by atoms with E-state index in [9.17, 15) is 0 Å². The summed E-state index contributed by atoms with van der Waals surface area (Å²) >= 11 is 0. The molecule has 0 unspecified atom stereocenters. The number of fused-ring (bicyclic) bond motifs is 2. The molecule has 106 valence electrons. The Bertz CT molecular complexity index is 561. The van der Waals surface area contributed by atoms with Crippen LogP contribution in [0.3, 0.4) is 0 Å². The molecule has 21 heavy (non-hydrogen) atoms. The number of hydrogen-bond acceptors (Lipinski definition) is 1. The zero-order valence-corrected chi connectivity index (χ0v) is 12.2. The van der Waals surface area contributed by atoms with Crippen LogP contribution in [0, 0.1) is 5.92 Å². The van der Waals surface area contributed by atoms with Crippen molar-refractivity contribution in [2.24, 2.45) is 5.92 Å². The third-order valence-corrected chi connectivity index (χ3v) is 4.94. The van der Waals surface area contributed by atoms with E-state index in [0.717, 1.165) is 12.5 Å². The van der Waals surface area contributed by atoms with Crippen molar-refractivity contribution in [3.8, 4) is 0 Å². The predicted octanol–water partition coefficient (Wildman–Crippen LogP) is 4.06. The van der Waals surface area contributed by atoms with Gasteiger partial charge in [0.25, 0.3) is 0 Å². The van der Waals surface area contributed by atoms with Gasteiger partial charge in [-0.2, -0.15) is 0 Å². The van der Waals surface area contributed by atoms with Gasteiger partial charge in [0.1, 0.15) is 0 Å². The van der Waals surface area contributed by atoms with Gasteiger partial charge in [-0.25, -0.2) is 0 Å². The van der Waals surface area contributed by atoms with Gasteiger partial charge in [0.05, 0.1) is 0 Å². The minimum absolute atomic E-state index is 0.643. The maximum Gasteiger partial charge on any atom is 0.0291 e. The molecule has 1 nitrogen and oxygen atoms in total. The van der Waals surface area contributed by atoms with Crippen molar-refractivity contribution in [1.82, 2.24) is 4.90 Å². The van der Waals surface area contributed by atoms with Crippen molar-refractivity contribution >= 4 is 0 Å². The van der Waals surface area contributed by atoms with Crippen LogP contribution in [0.25, 0.3) is 0 Å². The summed E-state index contributed by atoms with van der Waals surface area (Å²) in [5.74, 6) is 0.735. The van der Waals surface area contributed by atoms with Crippen LogP contribution in [0.15, 0.2) is 72.8 Å². The molecule has 0 amide bonds. The van der Waals surface area contributed by atoms with Crippen molar-refractivity contribution in [2.75, 3.05) is 0 Å². The fraction of sp³-hybridized carbons (Fsp3) is 0.300. The van der Waals surface area contributed by atoms with Crippen LogP contribution in [0.5, 0.6) is 0 Å². The van der Waals surface area contributed by atoms with E-state index in [1.165, 1.54) is 24.0 Å². The van der Waals surface area contributed by atoms with E-state index >= 15 is 0 Å². The zero-order valence-electron chi connectivity index (χ0n) is 12.2. The van der Waals surface area contributed by atoms with Crippen molar-refractivity contribution < 1.29 is 0 Å². The predicted molar refractivity (Wildman–Crippen MR) is 87.0 cm³/mol. The van der Waals surface area contributed by atoms with Crippen LogP contribution < -0.4 is 0 Å². The van der Waals surface area contributed by atoms with Crippen molar-refractivity contribution in [1.29, 1.82) is 0 Å². The second kappa shape index (κ2) is 5.50. The molecular weight excluding hydrogens is 254 g/mol. The second-order valence-corrected chi connectivity index (χ2v) is 6.27. The molecule has 0 N–H and O–H groups in total. The molecule has 1 saturated heterocycles. The Labute approximate surface area is 126 Å². The molecule has 2 aromatic carbocycles. The van der Waals surface area contributed by atoms with Gasteiger partial charge in [0, 0.05) is 18.6 Å². The van der Waals surface area contributed by atoms with Gasteiger partial charge in [-0.3, -0.25) is 4.90 Å². The van der Waals surface area contributed by atoms with E-state index in [2.05, 4.69) is 77.7 Å². The summed E-state index contributed by atoms with van der Waals surface area (Å²) in [6, 6.07) is 23.1. The molecule has 0 aromatic heterocycles. The van der Waals surface area contributed by atoms with Crippen LogP contribution in [0.4, 0.5) is 0 Å². The number of likely N-dealkylation sites (tertiary alicyclic amines) is 1. The Morgan fingerprint density at radius 3 is 2.19 bits per heavy atom. The van der Waals surface area contributed by atoms with Crippen LogP contribution in [-0.4, -0.2) is 17.0 Å². The van der Waals surface area contributed by atoms with Gasteiger partial charge in [0.2, 0.25) is 0 Å². The Kier molecular flexibility index (Phi) is 3.36. The Hall–Kier alpha value is -1.86. The maximum absolute atomic E-state index is 2.70. The molecule has 1 heterocycles. The van der Waals surface area contributed by atoms with Crippen LogP contribution >= 0.6 is 0 Å². The third kappa shape index (κ3) is 2.54. The summed E-state index contributed by atoms with van der Waals surface area (Å²) in [6.07, 6.45) is 7.33. The van der Waals surface area contributed by atoms with E-state index in [0.29, 0.717) is 12.1 Å². The first-order chi connectivity index (χ1) is 10.4. The summed E-state index contributed by atoms with van der Waals surface area (Å²) in [5, 5.41) is 0. The minimum Gasteiger partial charge on any atom is -0.289 e. The van der Waals surface area contributed by atoms with E-state index in [-0.39, 0.29) is 0 Å². The minimum atomic E-state index is 0.643. The monoisotopic (exact) mass is 275 g/mol. The first-order valence-corrected chi connectivity index (χ1v) is 7.92. The van der Waals surface area contributed by atoms with Crippen LogP contribution in [-0.2, 0) is 13.0 Å². The number of hydrogen-bond donors (Lipinski definition) is 0. The Morgan fingerprint density at radius 2 is 1.48 bits per heavy atom. The molecule has 4 rings (SSSR count). The topological polar surface area (TPSA) is 3.24 Å². The molecule has 0 radical (unpaired) electrons. The van der Waals surface area contributed by atoms with E-state index in [1.807, 2.05) is 0 Å². The molecule has 2 aromatic rings. The molecule has 1 heteroatoms. The van der Waals surface area contributed by atoms with Gasteiger partial charge < -0.3 is 0 Å². The molecule has 0 saturated carbocycles. The largest absolute Gasteiger partial charge is 0.289 e. The lowest BCUT2D eigenvalue weighted by atomic mass is 9.94. The highest BCUT2D eigenvalue weighted by molar-refractivity contribution is 5.24. The first-order valence-electron chi connectivity index (χ1n) is 7.92. The summed E-state index contributed by atoms with van der Waals surface area (Å²) < 4.78 is 0. The van der Waals surface area contributed by atoms with E-state index < -0.39 is 0 Å². The molecule has 0 spiro atoms. The SMILES string of the molecule is C1=C[C@H]2C[C@@H]1N(Cc1ccccc1)[C@@H]2Cc1ccccc1. The molecule has 1 aliphatic heterocycles. The lowest BCUT2D eigenvalue weighted by Crippen LogP contribution is -2.39. The van der Waals surface area contributed by atoms with E-state index in [1.54, 1.807) is 0 Å². The highest BCUT2D eigenvalue weighted by Gasteiger charge is 2.41. The summed E-state index contributed by atoms with van der Waals surface area (Å²) in [5.41, 5.74) is 2.89. The smallest absolute Gasteiger partial charge is 0.0291 e. The molecule has 3 atom stereocenters. The average Bonchev–Trinajstić information content (AvgIpc) is 3.13. The third-order valence-electron chi connectivity index (χ3n) is 4.94. The molecular formula is C20H21N. The lowest BCUT2D eigenvalue weighted by Gasteiger charge is -2.33. The highest BCUT2D eigenvalue weighted by atomic mass is 15.2. The van der Waals surface area contributed by atoms with E-state index in [4.69, 9.17) is 0 Å². The van der Waals surface area contributed by atoms with Gasteiger partial charge in [-0.15, -0.1) is 0 Å². The van der Waals surface area contributed by atoms with Gasteiger partial charge in [-0.05, 0) is 29.9 Å². The number of nitrogens with zero attached hydrogens (tertiary/aromatic N) is 1. The summed E-state index contributed by atoms with van der Waals surface area (Å²) in [4.78, 5) is 2.70. The van der Waals surface area contributed by atoms with Crippen LogP contribution in [0.2, 0.25) is 0 Å². The maximum atomic E-state index is 2.70.